The smallest absolute Gasteiger partial charge is 0.220 e. The minimum absolute atomic E-state index is 0.191. The maximum Gasteiger partial charge on any atom is 0.220 e. The molecule has 1 heterocycles. The van der Waals surface area contributed by atoms with E-state index < -0.39 is 0 Å². The molecule has 0 spiro atoms. The average molecular weight is 298 g/mol. The van der Waals surface area contributed by atoms with Gasteiger partial charge >= 0.3 is 0 Å². The van der Waals surface area contributed by atoms with Crippen LogP contribution in [0.25, 0.3) is 10.9 Å². The second-order valence-corrected chi connectivity index (χ2v) is 6.80. The van der Waals surface area contributed by atoms with Crippen LogP contribution in [-0.2, 0) is 11.2 Å². The summed E-state index contributed by atoms with van der Waals surface area (Å²) in [5, 5.41) is 4.49. The Morgan fingerprint density at radius 1 is 1.27 bits per heavy atom. The summed E-state index contributed by atoms with van der Waals surface area (Å²) in [5.41, 5.74) is 2.38. The van der Waals surface area contributed by atoms with E-state index in [4.69, 9.17) is 0 Å². The highest BCUT2D eigenvalue weighted by Crippen LogP contribution is 2.29. The Labute approximate surface area is 132 Å². The Morgan fingerprint density at radius 3 is 2.95 bits per heavy atom. The van der Waals surface area contributed by atoms with Crippen molar-refractivity contribution in [3.63, 3.8) is 0 Å². The average Bonchev–Trinajstić information content (AvgIpc) is 2.93. The molecule has 0 saturated heterocycles. The predicted molar refractivity (Wildman–Crippen MR) is 90.7 cm³/mol. The van der Waals surface area contributed by atoms with Crippen LogP contribution in [0.1, 0.15) is 45.1 Å². The van der Waals surface area contributed by atoms with E-state index in [1.165, 1.54) is 23.8 Å². The van der Waals surface area contributed by atoms with Crippen molar-refractivity contribution in [3.8, 4) is 0 Å². The van der Waals surface area contributed by atoms with E-state index in [9.17, 15) is 4.79 Å². The van der Waals surface area contributed by atoms with Gasteiger partial charge in [-0.25, -0.2) is 0 Å². The van der Waals surface area contributed by atoms with Crippen molar-refractivity contribution in [1.82, 2.24) is 10.3 Å². The summed E-state index contributed by atoms with van der Waals surface area (Å²) < 4.78 is 0. The topological polar surface area (TPSA) is 44.9 Å². The molecule has 1 aliphatic rings. The highest BCUT2D eigenvalue weighted by atomic mass is 16.1. The third kappa shape index (κ3) is 3.18. The van der Waals surface area contributed by atoms with Gasteiger partial charge < -0.3 is 10.3 Å². The Balaban J connectivity index is 1.56. The zero-order valence-corrected chi connectivity index (χ0v) is 13.6. The number of H-pyrrole nitrogens is 1. The van der Waals surface area contributed by atoms with Gasteiger partial charge in [0, 0.05) is 29.6 Å². The molecule has 1 amide bonds. The molecule has 1 aliphatic carbocycles. The van der Waals surface area contributed by atoms with Crippen LogP contribution in [0.2, 0.25) is 0 Å². The molecule has 3 nitrogen and oxygen atoms in total. The molecule has 22 heavy (non-hydrogen) atoms. The van der Waals surface area contributed by atoms with E-state index in [0.29, 0.717) is 24.3 Å². The molecular formula is C19H26N2O. The lowest BCUT2D eigenvalue weighted by molar-refractivity contribution is -0.122. The lowest BCUT2D eigenvalue weighted by atomic mass is 9.78. The second-order valence-electron chi connectivity index (χ2n) is 6.80. The molecule has 118 valence electrons. The number of aryl methyl sites for hydroxylation is 1. The monoisotopic (exact) mass is 298 g/mol. The van der Waals surface area contributed by atoms with Crippen molar-refractivity contribution in [3.05, 3.63) is 36.0 Å². The Hall–Kier alpha value is -1.77. The van der Waals surface area contributed by atoms with Crippen LogP contribution in [0.5, 0.6) is 0 Å². The quantitative estimate of drug-likeness (QED) is 0.879. The van der Waals surface area contributed by atoms with Crippen LogP contribution in [0.4, 0.5) is 0 Å². The number of carbonyl (C=O) groups is 1. The number of aromatic nitrogens is 1. The normalized spacial score (nSPS) is 25.3. The summed E-state index contributed by atoms with van der Waals surface area (Å²) in [6.07, 6.45) is 7.06. The molecule has 1 fully saturated rings. The molecular weight excluding hydrogens is 272 g/mol. The number of amides is 1. The predicted octanol–water partition coefficient (Wildman–Crippen LogP) is 4.04. The lowest BCUT2D eigenvalue weighted by Crippen LogP contribution is -2.43. The first-order valence-electron chi connectivity index (χ1n) is 8.49. The zero-order chi connectivity index (χ0) is 15.5. The van der Waals surface area contributed by atoms with E-state index in [-0.39, 0.29) is 5.91 Å². The van der Waals surface area contributed by atoms with Crippen LogP contribution in [0.3, 0.4) is 0 Å². The fraction of sp³-hybridized carbons (Fsp3) is 0.526. The number of benzene rings is 1. The molecule has 1 saturated carbocycles. The number of hydrogen-bond acceptors (Lipinski definition) is 1. The summed E-state index contributed by atoms with van der Waals surface area (Å²) in [6, 6.07) is 8.62. The summed E-state index contributed by atoms with van der Waals surface area (Å²) in [5.74, 6) is 1.50. The Kier molecular flexibility index (Phi) is 4.51. The number of fused-ring (bicyclic) bond motifs is 1. The highest BCUT2D eigenvalue weighted by molar-refractivity contribution is 5.84. The third-order valence-electron chi connectivity index (χ3n) is 5.35. The molecule has 3 atom stereocenters. The largest absolute Gasteiger partial charge is 0.361 e. The molecule has 2 aromatic rings. The number of para-hydroxylation sites is 1. The van der Waals surface area contributed by atoms with Gasteiger partial charge in [0.05, 0.1) is 0 Å². The van der Waals surface area contributed by atoms with Gasteiger partial charge in [0.2, 0.25) is 5.91 Å². The Bertz CT molecular complexity index is 646. The zero-order valence-electron chi connectivity index (χ0n) is 13.6. The minimum Gasteiger partial charge on any atom is -0.361 e. The molecule has 0 radical (unpaired) electrons. The number of nitrogens with one attached hydrogen (secondary N) is 2. The Morgan fingerprint density at radius 2 is 2.09 bits per heavy atom. The molecule has 2 N–H and O–H groups in total. The summed E-state index contributed by atoms with van der Waals surface area (Å²) >= 11 is 0. The fourth-order valence-corrected chi connectivity index (χ4v) is 3.65. The van der Waals surface area contributed by atoms with Gasteiger partial charge in [-0.2, -0.15) is 0 Å². The van der Waals surface area contributed by atoms with E-state index in [1.54, 1.807) is 0 Å². The first-order valence-corrected chi connectivity index (χ1v) is 8.49. The van der Waals surface area contributed by atoms with Crippen molar-refractivity contribution in [2.24, 2.45) is 11.8 Å². The molecule has 3 heteroatoms. The number of aromatic amines is 1. The molecule has 0 bridgehead atoms. The van der Waals surface area contributed by atoms with Crippen molar-refractivity contribution in [2.45, 2.75) is 52.0 Å². The summed E-state index contributed by atoms with van der Waals surface area (Å²) in [6.45, 7) is 4.57. The molecule has 3 rings (SSSR count). The number of rotatable bonds is 4. The number of hydrogen-bond donors (Lipinski definition) is 2. The van der Waals surface area contributed by atoms with E-state index in [0.717, 1.165) is 18.4 Å². The second kappa shape index (κ2) is 6.55. The molecule has 0 aliphatic heterocycles. The summed E-state index contributed by atoms with van der Waals surface area (Å²) in [4.78, 5) is 15.5. The van der Waals surface area contributed by atoms with Crippen molar-refractivity contribution in [1.29, 1.82) is 0 Å². The van der Waals surface area contributed by atoms with Gasteiger partial charge in [-0.3, -0.25) is 4.79 Å². The maximum absolute atomic E-state index is 12.3. The van der Waals surface area contributed by atoms with Crippen LogP contribution < -0.4 is 5.32 Å². The minimum atomic E-state index is 0.191. The highest BCUT2D eigenvalue weighted by Gasteiger charge is 2.27. The summed E-state index contributed by atoms with van der Waals surface area (Å²) in [7, 11) is 0. The van der Waals surface area contributed by atoms with E-state index in [2.05, 4.69) is 36.3 Å². The van der Waals surface area contributed by atoms with Gasteiger partial charge in [0.15, 0.2) is 0 Å². The van der Waals surface area contributed by atoms with Crippen molar-refractivity contribution < 1.29 is 4.79 Å². The molecule has 1 aromatic carbocycles. The maximum atomic E-state index is 12.3. The van der Waals surface area contributed by atoms with Crippen LogP contribution in [0.15, 0.2) is 30.5 Å². The first-order chi connectivity index (χ1) is 10.6. The molecule has 0 unspecified atom stereocenters. The standard InChI is InChI=1S/C19H26N2O/c1-13-6-5-9-17(14(13)2)21-19(22)11-10-15-12-20-18-8-4-3-7-16(15)18/h3-4,7-8,12-14,17,20H,5-6,9-11H2,1-2H3,(H,21,22)/t13-,14+,17-/m1/s1. The molecule has 1 aromatic heterocycles. The van der Waals surface area contributed by atoms with E-state index >= 15 is 0 Å². The van der Waals surface area contributed by atoms with Gasteiger partial charge in [-0.15, -0.1) is 0 Å². The van der Waals surface area contributed by atoms with Crippen LogP contribution >= 0.6 is 0 Å². The van der Waals surface area contributed by atoms with Crippen molar-refractivity contribution in [2.75, 3.05) is 0 Å². The fourth-order valence-electron chi connectivity index (χ4n) is 3.65. The first kappa shape index (κ1) is 15.1. The van der Waals surface area contributed by atoms with Crippen LogP contribution in [-0.4, -0.2) is 16.9 Å². The van der Waals surface area contributed by atoms with E-state index in [1.807, 2.05) is 18.3 Å². The van der Waals surface area contributed by atoms with Gasteiger partial charge in [0.1, 0.15) is 0 Å². The third-order valence-corrected chi connectivity index (χ3v) is 5.35. The van der Waals surface area contributed by atoms with Gasteiger partial charge in [-0.05, 0) is 36.3 Å². The van der Waals surface area contributed by atoms with Gasteiger partial charge in [0.25, 0.3) is 0 Å². The lowest BCUT2D eigenvalue weighted by Gasteiger charge is -2.34. The van der Waals surface area contributed by atoms with Gasteiger partial charge in [-0.1, -0.05) is 44.9 Å². The van der Waals surface area contributed by atoms with Crippen LogP contribution in [0, 0.1) is 11.8 Å². The van der Waals surface area contributed by atoms with Crippen molar-refractivity contribution >= 4 is 16.8 Å². The SMILES string of the molecule is C[C@H]1[C@H](C)CCC[C@H]1NC(=O)CCc1c[nH]c2ccccc12. The number of carbonyl (C=O) groups excluding carboxylic acids is 1.